The number of benzene rings is 1. The topological polar surface area (TPSA) is 61.9 Å². The Hall–Kier alpha value is -2.45. The maximum atomic E-state index is 12.6. The van der Waals surface area contributed by atoms with Gasteiger partial charge in [-0.25, -0.2) is 9.59 Å². The molecule has 2 saturated heterocycles. The molecule has 6 nitrogen and oxygen atoms in total. The number of halogens is 3. The van der Waals surface area contributed by atoms with Crippen molar-refractivity contribution in [2.75, 3.05) is 31.5 Å². The molecule has 9 heteroatoms. The van der Waals surface area contributed by atoms with Crippen molar-refractivity contribution in [1.82, 2.24) is 9.80 Å². The van der Waals surface area contributed by atoms with Crippen molar-refractivity contribution in [1.29, 1.82) is 0 Å². The molecule has 3 amide bonds. The quantitative estimate of drug-likeness (QED) is 0.734. The molecule has 1 aromatic carbocycles. The lowest BCUT2D eigenvalue weighted by Crippen LogP contribution is -2.63. The van der Waals surface area contributed by atoms with Gasteiger partial charge < -0.3 is 19.9 Å². The Bertz CT molecular complexity index is 756. The molecule has 0 saturated carbocycles. The number of carbonyl (C=O) groups is 2. The standard InChI is InChI=1S/C20H26F3N3O3/c1-18(2,3)29-17(28)26-12-19(13-26)8-10-25(11-9-19)16(27)24-15-6-4-14(5-7-15)20(21,22)23/h4-7H,8-13H2,1-3H3,(H,24,27). The SMILES string of the molecule is CC(C)(C)OC(=O)N1CC2(CCN(C(=O)Nc3ccc(C(F)(F)F)cc3)CC2)C1. The zero-order valence-electron chi connectivity index (χ0n) is 16.8. The minimum absolute atomic E-state index is 0.0159. The third-order valence-corrected chi connectivity index (χ3v) is 5.28. The maximum absolute atomic E-state index is 12.6. The molecule has 1 aromatic rings. The molecule has 0 atom stereocenters. The number of urea groups is 1. The molecule has 29 heavy (non-hydrogen) atoms. The molecule has 1 spiro atoms. The van der Waals surface area contributed by atoms with E-state index >= 15 is 0 Å². The summed E-state index contributed by atoms with van der Waals surface area (Å²) in [6.07, 6.45) is -3.18. The van der Waals surface area contributed by atoms with Gasteiger partial charge in [-0.1, -0.05) is 0 Å². The Morgan fingerprint density at radius 2 is 1.55 bits per heavy atom. The number of hydrogen-bond donors (Lipinski definition) is 1. The van der Waals surface area contributed by atoms with E-state index in [-0.39, 0.29) is 17.5 Å². The smallest absolute Gasteiger partial charge is 0.416 e. The zero-order chi connectivity index (χ0) is 21.4. The van der Waals surface area contributed by atoms with E-state index in [1.807, 2.05) is 20.8 Å². The molecule has 0 radical (unpaired) electrons. The first-order chi connectivity index (χ1) is 13.4. The second-order valence-electron chi connectivity index (χ2n) is 8.83. The highest BCUT2D eigenvalue weighted by Crippen LogP contribution is 2.41. The summed E-state index contributed by atoms with van der Waals surface area (Å²) in [5.41, 5.74) is -0.945. The van der Waals surface area contributed by atoms with Crippen LogP contribution in [0.5, 0.6) is 0 Å². The molecule has 2 aliphatic heterocycles. The van der Waals surface area contributed by atoms with E-state index in [1.165, 1.54) is 12.1 Å². The number of rotatable bonds is 1. The summed E-state index contributed by atoms with van der Waals surface area (Å²) < 4.78 is 43.2. The Balaban J connectivity index is 1.46. The molecular weight excluding hydrogens is 387 g/mol. The molecule has 0 bridgehead atoms. The maximum Gasteiger partial charge on any atom is 0.416 e. The van der Waals surface area contributed by atoms with Gasteiger partial charge in [0.1, 0.15) is 5.60 Å². The third-order valence-electron chi connectivity index (χ3n) is 5.28. The van der Waals surface area contributed by atoms with Crippen LogP contribution in [-0.4, -0.2) is 53.7 Å². The highest BCUT2D eigenvalue weighted by molar-refractivity contribution is 5.89. The lowest BCUT2D eigenvalue weighted by Gasteiger charge is -2.53. The van der Waals surface area contributed by atoms with Crippen LogP contribution >= 0.6 is 0 Å². The van der Waals surface area contributed by atoms with E-state index in [9.17, 15) is 22.8 Å². The van der Waals surface area contributed by atoms with E-state index in [1.54, 1.807) is 9.80 Å². The minimum atomic E-state index is -4.40. The summed E-state index contributed by atoms with van der Waals surface area (Å²) in [5, 5.41) is 2.64. The van der Waals surface area contributed by atoms with Gasteiger partial charge in [0, 0.05) is 37.3 Å². The third kappa shape index (κ3) is 5.13. The summed E-state index contributed by atoms with van der Waals surface area (Å²) in [6, 6.07) is 4.05. The van der Waals surface area contributed by atoms with Crippen molar-refractivity contribution in [3.8, 4) is 0 Å². The number of nitrogens with zero attached hydrogens (tertiary/aromatic N) is 2. The highest BCUT2D eigenvalue weighted by atomic mass is 19.4. The fourth-order valence-corrected chi connectivity index (χ4v) is 3.66. The number of ether oxygens (including phenoxy) is 1. The van der Waals surface area contributed by atoms with Gasteiger partial charge >= 0.3 is 18.3 Å². The molecule has 0 aliphatic carbocycles. The number of likely N-dealkylation sites (tertiary alicyclic amines) is 2. The van der Waals surface area contributed by atoms with Crippen molar-refractivity contribution >= 4 is 17.8 Å². The summed E-state index contributed by atoms with van der Waals surface area (Å²) in [4.78, 5) is 27.8. The first-order valence-corrected chi connectivity index (χ1v) is 9.58. The zero-order valence-corrected chi connectivity index (χ0v) is 16.8. The largest absolute Gasteiger partial charge is 0.444 e. The number of piperidine rings is 1. The second kappa shape index (κ2) is 7.42. The summed E-state index contributed by atoms with van der Waals surface area (Å²) in [7, 11) is 0. The summed E-state index contributed by atoms with van der Waals surface area (Å²) in [6.45, 7) is 7.80. The van der Waals surface area contributed by atoms with Crippen molar-refractivity contribution in [3.05, 3.63) is 29.8 Å². The Morgan fingerprint density at radius 3 is 2.03 bits per heavy atom. The van der Waals surface area contributed by atoms with Crippen LogP contribution in [0.2, 0.25) is 0 Å². The van der Waals surface area contributed by atoms with Crippen LogP contribution in [0.15, 0.2) is 24.3 Å². The molecule has 0 unspecified atom stereocenters. The predicted molar refractivity (Wildman–Crippen MR) is 102 cm³/mol. The lowest BCUT2D eigenvalue weighted by molar-refractivity contribution is -0.137. The van der Waals surface area contributed by atoms with Crippen LogP contribution in [0.25, 0.3) is 0 Å². The second-order valence-corrected chi connectivity index (χ2v) is 8.83. The van der Waals surface area contributed by atoms with Crippen LogP contribution in [0.3, 0.4) is 0 Å². The van der Waals surface area contributed by atoms with Gasteiger partial charge in [-0.05, 0) is 57.9 Å². The first-order valence-electron chi connectivity index (χ1n) is 9.58. The first kappa shape index (κ1) is 21.3. The molecule has 0 aromatic heterocycles. The van der Waals surface area contributed by atoms with Gasteiger partial charge in [-0.15, -0.1) is 0 Å². The van der Waals surface area contributed by atoms with Crippen LogP contribution in [0, 0.1) is 5.41 Å². The molecule has 160 valence electrons. The molecule has 2 fully saturated rings. The number of carbonyl (C=O) groups excluding carboxylic acids is 2. The molecule has 2 heterocycles. The van der Waals surface area contributed by atoms with Crippen molar-refractivity contribution in [2.24, 2.45) is 5.41 Å². The molecular formula is C20H26F3N3O3. The fourth-order valence-electron chi connectivity index (χ4n) is 3.66. The van der Waals surface area contributed by atoms with Crippen LogP contribution in [0.1, 0.15) is 39.2 Å². The average molecular weight is 413 g/mol. The van der Waals surface area contributed by atoms with Gasteiger partial charge in [0.15, 0.2) is 0 Å². The van der Waals surface area contributed by atoms with Gasteiger partial charge in [0.05, 0.1) is 5.56 Å². The van der Waals surface area contributed by atoms with Gasteiger partial charge in [-0.2, -0.15) is 13.2 Å². The number of anilines is 1. The average Bonchev–Trinajstić information content (AvgIpc) is 2.58. The highest BCUT2D eigenvalue weighted by Gasteiger charge is 2.48. The van der Waals surface area contributed by atoms with Crippen LogP contribution in [-0.2, 0) is 10.9 Å². The van der Waals surface area contributed by atoms with E-state index in [4.69, 9.17) is 4.74 Å². The number of alkyl halides is 3. The molecule has 3 rings (SSSR count). The summed E-state index contributed by atoms with van der Waals surface area (Å²) in [5.74, 6) is 0. The summed E-state index contributed by atoms with van der Waals surface area (Å²) >= 11 is 0. The van der Waals surface area contributed by atoms with Gasteiger partial charge in [0.2, 0.25) is 0 Å². The predicted octanol–water partition coefficient (Wildman–Crippen LogP) is 4.57. The minimum Gasteiger partial charge on any atom is -0.444 e. The molecule has 1 N–H and O–H groups in total. The fraction of sp³-hybridized carbons (Fsp3) is 0.600. The number of nitrogens with one attached hydrogen (secondary N) is 1. The Morgan fingerprint density at radius 1 is 1.00 bits per heavy atom. The van der Waals surface area contributed by atoms with E-state index in [2.05, 4.69) is 5.32 Å². The van der Waals surface area contributed by atoms with Crippen molar-refractivity contribution in [3.63, 3.8) is 0 Å². The van der Waals surface area contributed by atoms with Gasteiger partial charge in [-0.3, -0.25) is 0 Å². The normalized spacial score (nSPS) is 19.0. The molecule has 2 aliphatic rings. The van der Waals surface area contributed by atoms with E-state index < -0.39 is 17.3 Å². The van der Waals surface area contributed by atoms with E-state index in [0.29, 0.717) is 31.9 Å². The van der Waals surface area contributed by atoms with Crippen LogP contribution < -0.4 is 5.32 Å². The van der Waals surface area contributed by atoms with Crippen molar-refractivity contribution in [2.45, 2.75) is 45.4 Å². The lowest BCUT2D eigenvalue weighted by atomic mass is 9.72. The van der Waals surface area contributed by atoms with Crippen LogP contribution in [0.4, 0.5) is 28.4 Å². The van der Waals surface area contributed by atoms with E-state index in [0.717, 1.165) is 25.0 Å². The monoisotopic (exact) mass is 413 g/mol. The Labute approximate surface area is 168 Å². The Kier molecular flexibility index (Phi) is 5.44. The van der Waals surface area contributed by atoms with Crippen molar-refractivity contribution < 1.29 is 27.5 Å². The number of hydrogen-bond acceptors (Lipinski definition) is 3. The number of amides is 3. The van der Waals surface area contributed by atoms with Gasteiger partial charge in [0.25, 0.3) is 0 Å².